The number of amides is 1. The van der Waals surface area contributed by atoms with E-state index in [1.165, 1.54) is 17.4 Å². The molecular formula is C18H23N3O3S. The molecule has 0 spiro atoms. The van der Waals surface area contributed by atoms with E-state index in [2.05, 4.69) is 29.4 Å². The summed E-state index contributed by atoms with van der Waals surface area (Å²) in [5, 5.41) is 12.2. The van der Waals surface area contributed by atoms with E-state index in [0.717, 1.165) is 17.0 Å². The summed E-state index contributed by atoms with van der Waals surface area (Å²) in [5.74, 6) is 1.57. The van der Waals surface area contributed by atoms with Gasteiger partial charge in [0.25, 0.3) is 0 Å². The second-order valence-corrected chi connectivity index (χ2v) is 6.83. The zero-order chi connectivity index (χ0) is 18.2. The highest BCUT2D eigenvalue weighted by molar-refractivity contribution is 7.15. The van der Waals surface area contributed by atoms with Crippen LogP contribution in [0, 0.1) is 5.92 Å². The molecule has 0 radical (unpaired) electrons. The number of carbonyl (C=O) groups excluding carboxylic acids is 1. The molecule has 1 N–H and O–H groups in total. The number of hydrogen-bond donors (Lipinski definition) is 1. The molecular weight excluding hydrogens is 338 g/mol. The molecule has 1 aromatic heterocycles. The molecule has 2 rings (SSSR count). The van der Waals surface area contributed by atoms with Gasteiger partial charge in [-0.25, -0.2) is 0 Å². The van der Waals surface area contributed by atoms with Crippen molar-refractivity contribution in [2.24, 2.45) is 5.92 Å². The Kier molecular flexibility index (Phi) is 6.94. The van der Waals surface area contributed by atoms with Gasteiger partial charge in [-0.3, -0.25) is 10.1 Å². The molecule has 0 aliphatic heterocycles. The Morgan fingerprint density at radius 3 is 2.80 bits per heavy atom. The van der Waals surface area contributed by atoms with Crippen molar-refractivity contribution < 1.29 is 14.3 Å². The second kappa shape index (κ2) is 9.17. The van der Waals surface area contributed by atoms with E-state index in [4.69, 9.17) is 9.47 Å². The van der Waals surface area contributed by atoms with Gasteiger partial charge in [-0.2, -0.15) is 0 Å². The van der Waals surface area contributed by atoms with Crippen molar-refractivity contribution in [1.29, 1.82) is 0 Å². The normalized spacial score (nSPS) is 11.1. The van der Waals surface area contributed by atoms with Gasteiger partial charge >= 0.3 is 0 Å². The van der Waals surface area contributed by atoms with Crippen LogP contribution in [-0.2, 0) is 11.2 Å². The first-order valence-corrected chi connectivity index (χ1v) is 8.95. The van der Waals surface area contributed by atoms with Gasteiger partial charge in [0.2, 0.25) is 11.0 Å². The molecule has 2 aromatic rings. The number of hydrogen-bond acceptors (Lipinski definition) is 6. The summed E-state index contributed by atoms with van der Waals surface area (Å²) in [7, 11) is 1.59. The van der Waals surface area contributed by atoms with Crippen molar-refractivity contribution in [3.8, 4) is 11.5 Å². The zero-order valence-corrected chi connectivity index (χ0v) is 15.7. The highest BCUT2D eigenvalue weighted by atomic mass is 32.1. The van der Waals surface area contributed by atoms with Gasteiger partial charge in [-0.15, -0.1) is 10.2 Å². The molecule has 0 bridgehead atoms. The lowest BCUT2D eigenvalue weighted by Gasteiger charge is -2.09. The standard InChI is InChI=1S/C18H23N3O3S/c1-5-24-14-8-6-13(11-15(14)23-4)7-9-16(22)19-18-21-20-17(25-18)10-12(2)3/h6-9,11-12H,5,10H2,1-4H3,(H,19,21,22)/b9-7+. The van der Waals surface area contributed by atoms with E-state index < -0.39 is 0 Å². The maximum atomic E-state index is 12.0. The smallest absolute Gasteiger partial charge is 0.250 e. The molecule has 0 atom stereocenters. The van der Waals surface area contributed by atoms with E-state index in [1.807, 2.05) is 25.1 Å². The number of methoxy groups -OCH3 is 1. The maximum Gasteiger partial charge on any atom is 0.250 e. The van der Waals surface area contributed by atoms with Gasteiger partial charge in [-0.05, 0) is 36.6 Å². The van der Waals surface area contributed by atoms with Crippen molar-refractivity contribution >= 4 is 28.5 Å². The summed E-state index contributed by atoms with van der Waals surface area (Å²) in [4.78, 5) is 12.0. The van der Waals surface area contributed by atoms with E-state index in [-0.39, 0.29) is 5.91 Å². The van der Waals surface area contributed by atoms with Crippen LogP contribution in [0.4, 0.5) is 5.13 Å². The van der Waals surface area contributed by atoms with Crippen LogP contribution >= 0.6 is 11.3 Å². The Morgan fingerprint density at radius 2 is 2.12 bits per heavy atom. The Hall–Kier alpha value is -2.41. The summed E-state index contributed by atoms with van der Waals surface area (Å²) < 4.78 is 10.8. The molecule has 1 amide bonds. The molecule has 1 heterocycles. The SMILES string of the molecule is CCOc1ccc(/C=C/C(=O)Nc2nnc(CC(C)C)s2)cc1OC. The van der Waals surface area contributed by atoms with E-state index in [1.54, 1.807) is 13.2 Å². The number of nitrogens with one attached hydrogen (secondary N) is 1. The largest absolute Gasteiger partial charge is 0.493 e. The lowest BCUT2D eigenvalue weighted by Crippen LogP contribution is -2.07. The highest BCUT2D eigenvalue weighted by Crippen LogP contribution is 2.28. The molecule has 1 aromatic carbocycles. The molecule has 134 valence electrons. The molecule has 7 heteroatoms. The minimum Gasteiger partial charge on any atom is -0.493 e. The number of anilines is 1. The van der Waals surface area contributed by atoms with Crippen LogP contribution in [0.25, 0.3) is 6.08 Å². The van der Waals surface area contributed by atoms with Crippen LogP contribution in [0.5, 0.6) is 11.5 Å². The van der Waals surface area contributed by atoms with Crippen LogP contribution in [0.1, 0.15) is 31.3 Å². The van der Waals surface area contributed by atoms with Crippen molar-refractivity contribution in [3.63, 3.8) is 0 Å². The summed E-state index contributed by atoms with van der Waals surface area (Å²) in [6, 6.07) is 5.51. The maximum absolute atomic E-state index is 12.0. The fourth-order valence-electron chi connectivity index (χ4n) is 2.12. The van der Waals surface area contributed by atoms with Gasteiger partial charge in [0.05, 0.1) is 13.7 Å². The Bertz CT molecular complexity index is 741. The average Bonchev–Trinajstić information content (AvgIpc) is 3.00. The van der Waals surface area contributed by atoms with Gasteiger partial charge in [0.1, 0.15) is 5.01 Å². The summed E-state index contributed by atoms with van der Waals surface area (Å²) >= 11 is 1.40. The number of benzene rings is 1. The molecule has 0 aliphatic carbocycles. The fraction of sp³-hybridized carbons (Fsp3) is 0.389. The molecule has 0 aliphatic rings. The van der Waals surface area contributed by atoms with Gasteiger partial charge in [0.15, 0.2) is 11.5 Å². The monoisotopic (exact) mass is 361 g/mol. The molecule has 0 unspecified atom stereocenters. The Morgan fingerprint density at radius 1 is 1.32 bits per heavy atom. The lowest BCUT2D eigenvalue weighted by molar-refractivity contribution is -0.111. The van der Waals surface area contributed by atoms with E-state index in [0.29, 0.717) is 29.2 Å². The zero-order valence-electron chi connectivity index (χ0n) is 14.9. The van der Waals surface area contributed by atoms with Crippen LogP contribution < -0.4 is 14.8 Å². The third-order valence-electron chi connectivity index (χ3n) is 3.19. The Balaban J connectivity index is 1.98. The lowest BCUT2D eigenvalue weighted by atomic mass is 10.1. The third-order valence-corrected chi connectivity index (χ3v) is 4.06. The first-order valence-electron chi connectivity index (χ1n) is 8.14. The van der Waals surface area contributed by atoms with Crippen molar-refractivity contribution in [1.82, 2.24) is 10.2 Å². The van der Waals surface area contributed by atoms with Crippen LogP contribution in [0.15, 0.2) is 24.3 Å². The second-order valence-electron chi connectivity index (χ2n) is 5.76. The minimum atomic E-state index is -0.250. The van der Waals surface area contributed by atoms with E-state index in [9.17, 15) is 4.79 Å². The van der Waals surface area contributed by atoms with Crippen molar-refractivity contribution in [2.45, 2.75) is 27.2 Å². The average molecular weight is 361 g/mol. The quantitative estimate of drug-likeness (QED) is 0.724. The predicted octanol–water partition coefficient (Wildman–Crippen LogP) is 3.80. The van der Waals surface area contributed by atoms with Crippen LogP contribution in [0.3, 0.4) is 0 Å². The number of rotatable bonds is 8. The molecule has 25 heavy (non-hydrogen) atoms. The first kappa shape index (κ1) is 18.9. The summed E-state index contributed by atoms with van der Waals surface area (Å²) in [5.41, 5.74) is 0.841. The molecule has 0 fully saturated rings. The molecule has 6 nitrogen and oxygen atoms in total. The summed E-state index contributed by atoms with van der Waals surface area (Å²) in [6.07, 6.45) is 4.03. The van der Waals surface area contributed by atoms with Crippen molar-refractivity contribution in [3.05, 3.63) is 34.8 Å². The number of ether oxygens (including phenoxy) is 2. The van der Waals surface area contributed by atoms with Gasteiger partial charge in [0, 0.05) is 12.5 Å². The molecule has 0 saturated heterocycles. The highest BCUT2D eigenvalue weighted by Gasteiger charge is 2.08. The topological polar surface area (TPSA) is 73.3 Å². The number of carbonyl (C=O) groups is 1. The number of nitrogens with zero attached hydrogens (tertiary/aromatic N) is 2. The fourth-order valence-corrected chi connectivity index (χ4v) is 3.07. The minimum absolute atomic E-state index is 0.250. The van der Waals surface area contributed by atoms with Gasteiger partial charge in [-0.1, -0.05) is 31.3 Å². The van der Waals surface area contributed by atoms with E-state index >= 15 is 0 Å². The Labute approximate surface area is 151 Å². The summed E-state index contributed by atoms with van der Waals surface area (Å²) in [6.45, 7) is 6.72. The van der Waals surface area contributed by atoms with Crippen LogP contribution in [-0.4, -0.2) is 29.8 Å². The number of aromatic nitrogens is 2. The molecule has 0 saturated carbocycles. The predicted molar refractivity (Wildman–Crippen MR) is 100 cm³/mol. The van der Waals surface area contributed by atoms with Crippen molar-refractivity contribution in [2.75, 3.05) is 19.0 Å². The first-order chi connectivity index (χ1) is 12.0. The van der Waals surface area contributed by atoms with Crippen LogP contribution in [0.2, 0.25) is 0 Å². The third kappa shape index (κ3) is 5.86. The van der Waals surface area contributed by atoms with Gasteiger partial charge < -0.3 is 9.47 Å².